The van der Waals surface area contributed by atoms with Crippen molar-refractivity contribution in [1.29, 1.82) is 0 Å². The van der Waals surface area contributed by atoms with Crippen LogP contribution in [0.3, 0.4) is 0 Å². The number of ether oxygens (including phenoxy) is 1. The van der Waals surface area contributed by atoms with E-state index in [9.17, 15) is 9.59 Å². The van der Waals surface area contributed by atoms with Crippen LogP contribution in [0, 0.1) is 6.92 Å². The fraction of sp³-hybridized carbons (Fsp3) is 0.462. The molecular weight excluding hydrogens is 262 g/mol. The number of carboxylic acid groups (broad SMARTS) is 1. The average Bonchev–Trinajstić information content (AvgIpc) is 2.86. The molecule has 1 amide bonds. The minimum atomic E-state index is -0.972. The van der Waals surface area contributed by atoms with Crippen molar-refractivity contribution < 1.29 is 19.4 Å². The van der Waals surface area contributed by atoms with Gasteiger partial charge in [0.05, 0.1) is 18.7 Å². The zero-order valence-electron chi connectivity index (χ0n) is 11.4. The first kappa shape index (κ1) is 14.1. The zero-order chi connectivity index (χ0) is 14.7. The number of methoxy groups -OCH3 is 1. The van der Waals surface area contributed by atoms with Crippen LogP contribution in [0.2, 0.25) is 0 Å². The van der Waals surface area contributed by atoms with E-state index < -0.39 is 12.1 Å². The molecular formula is C13H17N3O4. The van der Waals surface area contributed by atoms with Crippen molar-refractivity contribution in [3.05, 3.63) is 23.4 Å². The third kappa shape index (κ3) is 3.17. The van der Waals surface area contributed by atoms with Gasteiger partial charge in [-0.3, -0.25) is 0 Å². The fourth-order valence-corrected chi connectivity index (χ4v) is 2.25. The molecule has 1 unspecified atom stereocenters. The Labute approximate surface area is 116 Å². The molecule has 2 rings (SSSR count). The largest absolute Gasteiger partial charge is 0.478 e. The Bertz CT molecular complexity index is 532. The summed E-state index contributed by atoms with van der Waals surface area (Å²) in [6.45, 7) is 3.06. The molecule has 0 aromatic carbocycles. The molecule has 7 nitrogen and oxygen atoms in total. The summed E-state index contributed by atoms with van der Waals surface area (Å²) in [6.07, 6.45) is 0.313. The topological polar surface area (TPSA) is 91.8 Å². The number of carbonyl (C=O) groups is 2. The Hall–Kier alpha value is -2.31. The maximum atomic E-state index is 11.2. The van der Waals surface area contributed by atoms with E-state index in [-0.39, 0.29) is 11.6 Å². The van der Waals surface area contributed by atoms with Crippen LogP contribution in [0.25, 0.3) is 0 Å². The van der Waals surface area contributed by atoms with Crippen LogP contribution >= 0.6 is 0 Å². The van der Waals surface area contributed by atoms with Crippen molar-refractivity contribution in [3.63, 3.8) is 0 Å². The quantitative estimate of drug-likeness (QED) is 0.858. The van der Waals surface area contributed by atoms with Crippen LogP contribution in [-0.2, 0) is 4.74 Å². The number of carboxylic acids is 1. The number of aromatic carboxylic acids is 1. The molecule has 0 radical (unpaired) electrons. The Morgan fingerprint density at radius 2 is 2.25 bits per heavy atom. The van der Waals surface area contributed by atoms with Crippen molar-refractivity contribution in [2.75, 3.05) is 25.1 Å². The molecule has 1 atom stereocenters. The summed E-state index contributed by atoms with van der Waals surface area (Å²) >= 11 is 0. The van der Waals surface area contributed by atoms with E-state index in [4.69, 9.17) is 5.11 Å². The van der Waals surface area contributed by atoms with Gasteiger partial charge in [0.2, 0.25) is 0 Å². The molecule has 2 heterocycles. The smallest absolute Gasteiger partial charge is 0.407 e. The second-order valence-corrected chi connectivity index (χ2v) is 4.73. The van der Waals surface area contributed by atoms with E-state index in [1.54, 1.807) is 13.0 Å². The number of carbonyl (C=O) groups excluding carboxylic acids is 1. The Morgan fingerprint density at radius 3 is 2.90 bits per heavy atom. The number of pyridine rings is 1. The molecule has 7 heteroatoms. The van der Waals surface area contributed by atoms with Crippen LogP contribution in [0.1, 0.15) is 22.5 Å². The van der Waals surface area contributed by atoms with Gasteiger partial charge in [0.15, 0.2) is 0 Å². The number of alkyl carbamates (subject to hydrolysis) is 1. The third-order valence-corrected chi connectivity index (χ3v) is 3.21. The number of rotatable bonds is 3. The molecule has 1 aromatic heterocycles. The summed E-state index contributed by atoms with van der Waals surface area (Å²) in [5.41, 5.74) is 0.876. The molecule has 1 fully saturated rings. The molecule has 1 aliphatic rings. The van der Waals surface area contributed by atoms with Gasteiger partial charge in [-0.2, -0.15) is 0 Å². The summed E-state index contributed by atoms with van der Waals surface area (Å²) in [7, 11) is 1.32. The fourth-order valence-electron chi connectivity index (χ4n) is 2.25. The van der Waals surface area contributed by atoms with Gasteiger partial charge in [-0.1, -0.05) is 0 Å². The van der Waals surface area contributed by atoms with E-state index >= 15 is 0 Å². The molecule has 1 aromatic rings. The van der Waals surface area contributed by atoms with Gasteiger partial charge in [0, 0.05) is 18.8 Å². The van der Waals surface area contributed by atoms with Gasteiger partial charge in [-0.15, -0.1) is 0 Å². The van der Waals surface area contributed by atoms with Gasteiger partial charge in [-0.25, -0.2) is 14.6 Å². The number of nitrogens with one attached hydrogen (secondary N) is 1. The van der Waals surface area contributed by atoms with Crippen LogP contribution < -0.4 is 10.2 Å². The van der Waals surface area contributed by atoms with Gasteiger partial charge in [-0.05, 0) is 25.5 Å². The standard InChI is InChI=1S/C13H17N3O4/c1-8-5-9(12(17)18)6-11(14-8)16-4-3-10(7-16)15-13(19)20-2/h5-6,10H,3-4,7H2,1-2H3,(H,15,19)(H,17,18). The summed E-state index contributed by atoms with van der Waals surface area (Å²) < 4.78 is 4.56. The molecule has 0 bridgehead atoms. The summed E-state index contributed by atoms with van der Waals surface area (Å²) in [5.74, 6) is -0.350. The van der Waals surface area contributed by atoms with E-state index in [0.717, 1.165) is 6.42 Å². The number of hydrogen-bond donors (Lipinski definition) is 2. The highest BCUT2D eigenvalue weighted by Crippen LogP contribution is 2.20. The number of anilines is 1. The average molecular weight is 279 g/mol. The Kier molecular flexibility index (Phi) is 4.07. The van der Waals surface area contributed by atoms with Crippen LogP contribution in [-0.4, -0.2) is 48.4 Å². The normalized spacial score (nSPS) is 17.9. The van der Waals surface area contributed by atoms with E-state index in [1.165, 1.54) is 13.2 Å². The lowest BCUT2D eigenvalue weighted by Gasteiger charge is -2.18. The molecule has 0 saturated carbocycles. The molecule has 1 saturated heterocycles. The first-order chi connectivity index (χ1) is 9.49. The second kappa shape index (κ2) is 5.77. The monoisotopic (exact) mass is 279 g/mol. The van der Waals surface area contributed by atoms with Crippen molar-refractivity contribution in [3.8, 4) is 0 Å². The highest BCUT2D eigenvalue weighted by molar-refractivity contribution is 5.88. The molecule has 20 heavy (non-hydrogen) atoms. The van der Waals surface area contributed by atoms with Gasteiger partial charge < -0.3 is 20.1 Å². The first-order valence-corrected chi connectivity index (χ1v) is 6.31. The number of hydrogen-bond acceptors (Lipinski definition) is 5. The first-order valence-electron chi connectivity index (χ1n) is 6.31. The van der Waals surface area contributed by atoms with E-state index in [2.05, 4.69) is 15.0 Å². The van der Waals surface area contributed by atoms with Crippen molar-refractivity contribution in [1.82, 2.24) is 10.3 Å². The molecule has 0 aliphatic carbocycles. The van der Waals surface area contributed by atoms with Crippen molar-refractivity contribution >= 4 is 17.9 Å². The van der Waals surface area contributed by atoms with E-state index in [0.29, 0.717) is 24.6 Å². The maximum absolute atomic E-state index is 11.2. The second-order valence-electron chi connectivity index (χ2n) is 4.73. The van der Waals surface area contributed by atoms with Crippen molar-refractivity contribution in [2.24, 2.45) is 0 Å². The van der Waals surface area contributed by atoms with Crippen LogP contribution in [0.4, 0.5) is 10.6 Å². The Balaban J connectivity index is 2.10. The lowest BCUT2D eigenvalue weighted by Crippen LogP contribution is -2.37. The highest BCUT2D eigenvalue weighted by Gasteiger charge is 2.25. The lowest BCUT2D eigenvalue weighted by atomic mass is 10.2. The predicted molar refractivity (Wildman–Crippen MR) is 72.1 cm³/mol. The molecule has 2 N–H and O–H groups in total. The lowest BCUT2D eigenvalue weighted by molar-refractivity contribution is 0.0696. The Morgan fingerprint density at radius 1 is 1.50 bits per heavy atom. The minimum Gasteiger partial charge on any atom is -0.478 e. The third-order valence-electron chi connectivity index (χ3n) is 3.21. The zero-order valence-corrected chi connectivity index (χ0v) is 11.4. The van der Waals surface area contributed by atoms with Crippen molar-refractivity contribution in [2.45, 2.75) is 19.4 Å². The maximum Gasteiger partial charge on any atom is 0.407 e. The van der Waals surface area contributed by atoms with Gasteiger partial charge >= 0.3 is 12.1 Å². The van der Waals surface area contributed by atoms with Gasteiger partial charge in [0.1, 0.15) is 5.82 Å². The molecule has 0 spiro atoms. The number of aromatic nitrogens is 1. The number of nitrogens with zero attached hydrogens (tertiary/aromatic N) is 2. The van der Waals surface area contributed by atoms with Crippen LogP contribution in [0.5, 0.6) is 0 Å². The summed E-state index contributed by atoms with van der Waals surface area (Å²) in [6, 6.07) is 3.07. The minimum absolute atomic E-state index is 0.0157. The molecule has 1 aliphatic heterocycles. The summed E-state index contributed by atoms with van der Waals surface area (Å²) in [4.78, 5) is 28.5. The van der Waals surface area contributed by atoms with Gasteiger partial charge in [0.25, 0.3) is 0 Å². The number of aryl methyl sites for hydroxylation is 1. The van der Waals surface area contributed by atoms with Crippen LogP contribution in [0.15, 0.2) is 12.1 Å². The predicted octanol–water partition coefficient (Wildman–Crippen LogP) is 1.02. The number of amides is 1. The summed E-state index contributed by atoms with van der Waals surface area (Å²) in [5, 5.41) is 11.8. The van der Waals surface area contributed by atoms with E-state index in [1.807, 2.05) is 4.90 Å². The SMILES string of the molecule is COC(=O)NC1CCN(c2cc(C(=O)O)cc(C)n2)C1. The molecule has 108 valence electrons. The highest BCUT2D eigenvalue weighted by atomic mass is 16.5.